The van der Waals surface area contributed by atoms with Crippen LogP contribution in [0.3, 0.4) is 0 Å². The van der Waals surface area contributed by atoms with Crippen LogP contribution in [0.5, 0.6) is 0 Å². The van der Waals surface area contributed by atoms with Crippen LogP contribution in [-0.4, -0.2) is 61.8 Å². The van der Waals surface area contributed by atoms with Crippen molar-refractivity contribution in [3.63, 3.8) is 0 Å². The molecule has 1 aliphatic heterocycles. The lowest BCUT2D eigenvalue weighted by atomic mass is 10.1. The third kappa shape index (κ3) is 3.61. The van der Waals surface area contributed by atoms with Crippen molar-refractivity contribution < 1.29 is 13.2 Å². The summed E-state index contributed by atoms with van der Waals surface area (Å²) >= 11 is 0. The average Bonchev–Trinajstić information content (AvgIpc) is 2.14. The van der Waals surface area contributed by atoms with Crippen LogP contribution in [0, 0.1) is 5.92 Å². The van der Waals surface area contributed by atoms with Crippen molar-refractivity contribution in [1.29, 1.82) is 0 Å². The van der Waals surface area contributed by atoms with E-state index in [2.05, 4.69) is 4.90 Å². The molecule has 0 spiro atoms. The van der Waals surface area contributed by atoms with Gasteiger partial charge in [-0.15, -0.1) is 0 Å². The molecular formula is C10H20F3N3. The van der Waals surface area contributed by atoms with Crippen molar-refractivity contribution in [3.05, 3.63) is 0 Å². The summed E-state index contributed by atoms with van der Waals surface area (Å²) in [6.45, 7) is 3.97. The first-order valence-electron chi connectivity index (χ1n) is 5.54. The summed E-state index contributed by atoms with van der Waals surface area (Å²) in [5.41, 5.74) is 5.19. The van der Waals surface area contributed by atoms with Crippen LogP contribution < -0.4 is 5.73 Å². The Labute approximate surface area is 94.4 Å². The Balaban J connectivity index is 2.52. The summed E-state index contributed by atoms with van der Waals surface area (Å²) in [4.78, 5) is 4.01. The lowest BCUT2D eigenvalue weighted by Crippen LogP contribution is -2.53. The van der Waals surface area contributed by atoms with Crippen molar-refractivity contribution >= 4 is 0 Å². The minimum absolute atomic E-state index is 0.0228. The number of nitrogens with two attached hydrogens (primary N) is 1. The summed E-state index contributed by atoms with van der Waals surface area (Å²) in [6.07, 6.45) is -4.18. The lowest BCUT2D eigenvalue weighted by molar-refractivity contribution is -0.178. The number of piperazine rings is 1. The maximum atomic E-state index is 12.6. The smallest absolute Gasteiger partial charge is 0.330 e. The van der Waals surface area contributed by atoms with E-state index in [-0.39, 0.29) is 19.1 Å². The van der Waals surface area contributed by atoms with Gasteiger partial charge in [0.2, 0.25) is 0 Å². The van der Waals surface area contributed by atoms with Crippen LogP contribution in [0.15, 0.2) is 0 Å². The molecular weight excluding hydrogens is 219 g/mol. The first-order valence-corrected chi connectivity index (χ1v) is 5.54. The molecule has 0 radical (unpaired) electrons. The fourth-order valence-corrected chi connectivity index (χ4v) is 2.04. The molecule has 2 N–H and O–H groups in total. The molecule has 3 nitrogen and oxygen atoms in total. The predicted molar refractivity (Wildman–Crippen MR) is 57.1 cm³/mol. The molecule has 1 rings (SSSR count). The second kappa shape index (κ2) is 5.33. The molecule has 0 aromatic rings. The van der Waals surface area contributed by atoms with E-state index in [4.69, 9.17) is 5.73 Å². The van der Waals surface area contributed by atoms with Gasteiger partial charge in [-0.3, -0.25) is 4.90 Å². The van der Waals surface area contributed by atoms with Crippen LogP contribution in [-0.2, 0) is 0 Å². The highest BCUT2D eigenvalue weighted by molar-refractivity contribution is 4.81. The Morgan fingerprint density at radius 1 is 1.38 bits per heavy atom. The maximum Gasteiger partial charge on any atom is 0.394 e. The quantitative estimate of drug-likeness (QED) is 0.789. The van der Waals surface area contributed by atoms with Gasteiger partial charge >= 0.3 is 6.18 Å². The lowest BCUT2D eigenvalue weighted by Gasteiger charge is -2.40. The number of rotatable bonds is 3. The van der Waals surface area contributed by atoms with Gasteiger partial charge < -0.3 is 10.6 Å². The van der Waals surface area contributed by atoms with Gasteiger partial charge in [0, 0.05) is 38.8 Å². The summed E-state index contributed by atoms with van der Waals surface area (Å²) in [5.74, 6) is -1.40. The molecule has 1 fully saturated rings. The number of nitrogens with zero attached hydrogens (tertiary/aromatic N) is 2. The van der Waals surface area contributed by atoms with Gasteiger partial charge in [0.25, 0.3) is 0 Å². The molecule has 0 bridgehead atoms. The molecule has 0 saturated carbocycles. The van der Waals surface area contributed by atoms with Gasteiger partial charge in [0.15, 0.2) is 0 Å². The maximum absolute atomic E-state index is 12.6. The Kier molecular flexibility index (Phi) is 4.58. The average molecular weight is 239 g/mol. The highest BCUT2D eigenvalue weighted by Gasteiger charge is 2.40. The number of alkyl halides is 3. The van der Waals surface area contributed by atoms with Crippen LogP contribution >= 0.6 is 0 Å². The minimum atomic E-state index is -4.18. The molecule has 2 atom stereocenters. The summed E-state index contributed by atoms with van der Waals surface area (Å²) in [7, 11) is 1.98. The molecule has 0 amide bonds. The van der Waals surface area contributed by atoms with Crippen molar-refractivity contribution in [2.45, 2.75) is 19.1 Å². The number of hydrogen-bond donors (Lipinski definition) is 1. The monoisotopic (exact) mass is 239 g/mol. The highest BCUT2D eigenvalue weighted by atomic mass is 19.4. The Hall–Kier alpha value is -0.330. The van der Waals surface area contributed by atoms with Gasteiger partial charge in [-0.05, 0) is 14.0 Å². The molecule has 6 heteroatoms. The second-order valence-electron chi connectivity index (χ2n) is 4.58. The van der Waals surface area contributed by atoms with Crippen LogP contribution in [0.1, 0.15) is 6.92 Å². The zero-order valence-corrected chi connectivity index (χ0v) is 9.80. The summed E-state index contributed by atoms with van der Waals surface area (Å²) < 4.78 is 37.7. The van der Waals surface area contributed by atoms with Crippen molar-refractivity contribution in [3.8, 4) is 0 Å². The fraction of sp³-hybridized carbons (Fsp3) is 1.00. The minimum Gasteiger partial charge on any atom is -0.330 e. The van der Waals surface area contributed by atoms with E-state index < -0.39 is 12.1 Å². The third-order valence-electron chi connectivity index (χ3n) is 3.17. The molecule has 1 heterocycles. The van der Waals surface area contributed by atoms with Gasteiger partial charge in [0.05, 0.1) is 5.92 Å². The van der Waals surface area contributed by atoms with E-state index >= 15 is 0 Å². The number of hydrogen-bond acceptors (Lipinski definition) is 3. The van der Waals surface area contributed by atoms with Crippen LogP contribution in [0.4, 0.5) is 13.2 Å². The molecule has 1 saturated heterocycles. The Bertz CT molecular complexity index is 220. The summed E-state index contributed by atoms with van der Waals surface area (Å²) in [6, 6.07) is 0.162. The molecule has 2 unspecified atom stereocenters. The first kappa shape index (κ1) is 13.7. The number of likely N-dealkylation sites (N-methyl/N-ethyl adjacent to an activating group) is 1. The Morgan fingerprint density at radius 2 is 2.00 bits per heavy atom. The van der Waals surface area contributed by atoms with E-state index in [1.165, 1.54) is 0 Å². The van der Waals surface area contributed by atoms with Gasteiger partial charge in [0.1, 0.15) is 0 Å². The summed E-state index contributed by atoms with van der Waals surface area (Å²) in [5, 5.41) is 0. The second-order valence-corrected chi connectivity index (χ2v) is 4.58. The van der Waals surface area contributed by atoms with Crippen LogP contribution in [0.25, 0.3) is 0 Å². The van der Waals surface area contributed by atoms with Gasteiger partial charge in [-0.2, -0.15) is 13.2 Å². The fourth-order valence-electron chi connectivity index (χ4n) is 2.04. The zero-order valence-electron chi connectivity index (χ0n) is 9.80. The van der Waals surface area contributed by atoms with Gasteiger partial charge in [-0.1, -0.05) is 0 Å². The van der Waals surface area contributed by atoms with Crippen molar-refractivity contribution in [2.75, 3.05) is 39.8 Å². The first-order chi connectivity index (χ1) is 7.34. The van der Waals surface area contributed by atoms with E-state index in [1.54, 1.807) is 0 Å². The molecule has 16 heavy (non-hydrogen) atoms. The Morgan fingerprint density at radius 3 is 2.44 bits per heavy atom. The molecule has 96 valence electrons. The van der Waals surface area contributed by atoms with E-state index in [0.717, 1.165) is 13.1 Å². The molecule has 0 aromatic carbocycles. The third-order valence-corrected chi connectivity index (χ3v) is 3.17. The van der Waals surface area contributed by atoms with E-state index in [1.807, 2.05) is 18.9 Å². The normalized spacial score (nSPS) is 27.0. The van der Waals surface area contributed by atoms with Crippen molar-refractivity contribution in [2.24, 2.45) is 11.7 Å². The largest absolute Gasteiger partial charge is 0.394 e. The van der Waals surface area contributed by atoms with E-state index in [9.17, 15) is 13.2 Å². The standard InChI is InChI=1S/C10H20F3N3/c1-8-6-15(2)3-4-16(8)7-9(5-14)10(11,12)13/h8-9H,3-7,14H2,1-2H3. The van der Waals surface area contributed by atoms with Crippen molar-refractivity contribution in [1.82, 2.24) is 9.80 Å². The predicted octanol–water partition coefficient (Wildman–Crippen LogP) is 0.760. The van der Waals surface area contributed by atoms with E-state index in [0.29, 0.717) is 6.54 Å². The van der Waals surface area contributed by atoms with Gasteiger partial charge in [-0.25, -0.2) is 0 Å². The topological polar surface area (TPSA) is 32.5 Å². The van der Waals surface area contributed by atoms with Crippen LogP contribution in [0.2, 0.25) is 0 Å². The molecule has 0 aromatic heterocycles. The molecule has 1 aliphatic rings. The highest BCUT2D eigenvalue weighted by Crippen LogP contribution is 2.27. The molecule has 0 aliphatic carbocycles. The SMILES string of the molecule is CC1CN(C)CCN1CC(CN)C(F)(F)F. The zero-order chi connectivity index (χ0) is 12.3. The number of halogens is 3.